The van der Waals surface area contributed by atoms with Crippen LogP contribution in [0.2, 0.25) is 0 Å². The minimum absolute atomic E-state index is 0.767. The molecule has 0 radical (unpaired) electrons. The zero-order valence-corrected chi connectivity index (χ0v) is 18.1. The fourth-order valence-corrected chi connectivity index (χ4v) is 4.02. The highest BCUT2D eigenvalue weighted by Gasteiger charge is 2.21. The van der Waals surface area contributed by atoms with Gasteiger partial charge in [-0.1, -0.05) is 6.07 Å². The summed E-state index contributed by atoms with van der Waals surface area (Å²) in [6.45, 7) is 4.58. The second-order valence-corrected chi connectivity index (χ2v) is 7.53. The van der Waals surface area contributed by atoms with Gasteiger partial charge in [-0.2, -0.15) is 0 Å². The van der Waals surface area contributed by atoms with Gasteiger partial charge in [0.25, 0.3) is 0 Å². The molecule has 0 unspecified atom stereocenters. The molecule has 7 nitrogen and oxygen atoms in total. The van der Waals surface area contributed by atoms with Crippen LogP contribution in [-0.4, -0.2) is 54.6 Å². The molecule has 2 aromatic heterocycles. The van der Waals surface area contributed by atoms with Gasteiger partial charge in [-0.05, 0) is 48.2 Å². The summed E-state index contributed by atoms with van der Waals surface area (Å²) in [4.78, 5) is 11.5. The van der Waals surface area contributed by atoms with E-state index in [-0.39, 0.29) is 0 Å². The van der Waals surface area contributed by atoms with Crippen LogP contribution < -0.4 is 14.8 Å². The van der Waals surface area contributed by atoms with Gasteiger partial charge in [0.15, 0.2) is 17.5 Å². The molecule has 0 fully saturated rings. The highest BCUT2D eigenvalue weighted by molar-refractivity contribution is 5.80. The normalized spacial score (nSPS) is 14.0. The molecule has 0 saturated heterocycles. The Balaban J connectivity index is 1.40. The minimum atomic E-state index is 0.767. The molecule has 3 aromatic rings. The molecule has 0 amide bonds. The topological polar surface area (TPSA) is 63.4 Å². The Kier molecular flexibility index (Phi) is 5.79. The number of hydrogen-bond acceptors (Lipinski definition) is 4. The molecule has 4 rings (SSSR count). The van der Waals surface area contributed by atoms with E-state index in [1.54, 1.807) is 14.2 Å². The van der Waals surface area contributed by atoms with E-state index >= 15 is 0 Å². The molecule has 1 aliphatic rings. The molecule has 158 valence electrons. The number of benzene rings is 1. The molecule has 0 atom stereocenters. The number of aryl methyl sites for hydroxylation is 1. The monoisotopic (exact) mass is 407 g/mol. The third-order valence-corrected chi connectivity index (χ3v) is 5.62. The molecule has 0 aliphatic carbocycles. The average molecular weight is 408 g/mol. The summed E-state index contributed by atoms with van der Waals surface area (Å²) < 4.78 is 13.0. The second kappa shape index (κ2) is 8.65. The van der Waals surface area contributed by atoms with Crippen molar-refractivity contribution in [3.05, 3.63) is 59.0 Å². The maximum atomic E-state index is 5.47. The van der Waals surface area contributed by atoms with Crippen LogP contribution in [0.25, 0.3) is 5.65 Å². The summed E-state index contributed by atoms with van der Waals surface area (Å²) >= 11 is 0. The van der Waals surface area contributed by atoms with E-state index in [0.717, 1.165) is 61.3 Å². The number of methoxy groups -OCH3 is 2. The van der Waals surface area contributed by atoms with Crippen molar-refractivity contribution < 1.29 is 9.47 Å². The first kappa shape index (κ1) is 20.1. The number of guanidine groups is 1. The highest BCUT2D eigenvalue weighted by atomic mass is 16.5. The highest BCUT2D eigenvalue weighted by Crippen LogP contribution is 2.33. The van der Waals surface area contributed by atoms with Crippen molar-refractivity contribution in [1.82, 2.24) is 19.6 Å². The molecular formula is C23H29N5O2. The number of pyridine rings is 1. The van der Waals surface area contributed by atoms with Gasteiger partial charge < -0.3 is 24.1 Å². The maximum absolute atomic E-state index is 5.47. The molecule has 7 heteroatoms. The summed E-state index contributed by atoms with van der Waals surface area (Å²) in [5.74, 6) is 2.47. The molecule has 0 spiro atoms. The van der Waals surface area contributed by atoms with Crippen LogP contribution in [0, 0.1) is 6.92 Å². The molecule has 3 heterocycles. The summed E-state index contributed by atoms with van der Waals surface area (Å²) in [6.07, 6.45) is 5.93. The van der Waals surface area contributed by atoms with Gasteiger partial charge >= 0.3 is 0 Å². The lowest BCUT2D eigenvalue weighted by molar-refractivity contribution is 0.346. The van der Waals surface area contributed by atoms with Gasteiger partial charge in [-0.25, -0.2) is 4.98 Å². The van der Waals surface area contributed by atoms with Crippen LogP contribution >= 0.6 is 0 Å². The first-order valence-electron chi connectivity index (χ1n) is 10.3. The first-order valence-corrected chi connectivity index (χ1v) is 10.3. The standard InChI is InChI=1S/C23H29N5O2/c1-16-6-5-10-27-15-19(26-22(16)27)7-9-25-23(24-2)28-11-8-17-12-20(29-3)21(30-4)13-18(17)14-28/h5-6,10,12-13,15H,7-9,11,14H2,1-4H3,(H,24,25). The van der Waals surface area contributed by atoms with E-state index in [1.165, 1.54) is 16.7 Å². The van der Waals surface area contributed by atoms with Crippen LogP contribution in [0.4, 0.5) is 0 Å². The SMILES string of the molecule is CN=C(NCCc1cn2cccc(C)c2n1)N1CCc2cc(OC)c(OC)cc2C1. The first-order chi connectivity index (χ1) is 14.6. The summed E-state index contributed by atoms with van der Waals surface area (Å²) in [6, 6.07) is 8.30. The molecule has 1 N–H and O–H groups in total. The smallest absolute Gasteiger partial charge is 0.193 e. The third kappa shape index (κ3) is 3.92. The number of ether oxygens (including phenoxy) is 2. The Labute approximate surface area is 177 Å². The number of nitrogens with zero attached hydrogens (tertiary/aromatic N) is 4. The van der Waals surface area contributed by atoms with Crippen molar-refractivity contribution in [3.63, 3.8) is 0 Å². The van der Waals surface area contributed by atoms with E-state index in [4.69, 9.17) is 14.5 Å². The number of imidazole rings is 1. The fourth-order valence-electron chi connectivity index (χ4n) is 4.02. The van der Waals surface area contributed by atoms with E-state index in [0.29, 0.717) is 0 Å². The van der Waals surface area contributed by atoms with Crippen molar-refractivity contribution >= 4 is 11.6 Å². The maximum Gasteiger partial charge on any atom is 0.193 e. The van der Waals surface area contributed by atoms with Crippen LogP contribution in [0.15, 0.2) is 41.7 Å². The van der Waals surface area contributed by atoms with Crippen molar-refractivity contribution in [1.29, 1.82) is 0 Å². The Morgan fingerprint density at radius 1 is 1.20 bits per heavy atom. The number of nitrogens with one attached hydrogen (secondary N) is 1. The number of hydrogen-bond donors (Lipinski definition) is 1. The van der Waals surface area contributed by atoms with Gasteiger partial charge in [-0.3, -0.25) is 4.99 Å². The molecule has 1 aliphatic heterocycles. The van der Waals surface area contributed by atoms with Gasteiger partial charge in [0, 0.05) is 45.5 Å². The van der Waals surface area contributed by atoms with Crippen LogP contribution in [-0.2, 0) is 19.4 Å². The van der Waals surface area contributed by atoms with E-state index in [2.05, 4.69) is 50.9 Å². The Bertz CT molecular complexity index is 1070. The molecule has 0 bridgehead atoms. The number of rotatable bonds is 5. The van der Waals surface area contributed by atoms with Crippen LogP contribution in [0.1, 0.15) is 22.4 Å². The average Bonchev–Trinajstić information content (AvgIpc) is 3.19. The largest absolute Gasteiger partial charge is 0.493 e. The predicted octanol–water partition coefficient (Wildman–Crippen LogP) is 2.84. The molecular weight excluding hydrogens is 378 g/mol. The third-order valence-electron chi connectivity index (χ3n) is 5.62. The van der Waals surface area contributed by atoms with Crippen molar-refractivity contribution in [3.8, 4) is 11.5 Å². The minimum Gasteiger partial charge on any atom is -0.493 e. The fraction of sp³-hybridized carbons (Fsp3) is 0.391. The van der Waals surface area contributed by atoms with E-state index in [9.17, 15) is 0 Å². The Morgan fingerprint density at radius 2 is 1.97 bits per heavy atom. The Morgan fingerprint density at radius 3 is 2.67 bits per heavy atom. The lowest BCUT2D eigenvalue weighted by Gasteiger charge is -2.32. The van der Waals surface area contributed by atoms with E-state index < -0.39 is 0 Å². The molecule has 1 aromatic carbocycles. The van der Waals surface area contributed by atoms with Crippen LogP contribution in [0.5, 0.6) is 11.5 Å². The van der Waals surface area contributed by atoms with Crippen LogP contribution in [0.3, 0.4) is 0 Å². The van der Waals surface area contributed by atoms with Gasteiger partial charge in [-0.15, -0.1) is 0 Å². The van der Waals surface area contributed by atoms with E-state index in [1.807, 2.05) is 19.3 Å². The quantitative estimate of drug-likeness (QED) is 0.521. The zero-order chi connectivity index (χ0) is 21.1. The lowest BCUT2D eigenvalue weighted by atomic mass is 9.99. The lowest BCUT2D eigenvalue weighted by Crippen LogP contribution is -2.44. The Hall–Kier alpha value is -3.22. The number of fused-ring (bicyclic) bond motifs is 2. The van der Waals surface area contributed by atoms with Crippen molar-refractivity contribution in [2.45, 2.75) is 26.3 Å². The summed E-state index contributed by atoms with van der Waals surface area (Å²) in [7, 11) is 5.18. The second-order valence-electron chi connectivity index (χ2n) is 7.53. The van der Waals surface area contributed by atoms with Crippen molar-refractivity contribution in [2.24, 2.45) is 4.99 Å². The summed E-state index contributed by atoms with van der Waals surface area (Å²) in [5, 5.41) is 3.50. The number of aromatic nitrogens is 2. The molecule has 30 heavy (non-hydrogen) atoms. The number of aliphatic imine (C=N–C) groups is 1. The predicted molar refractivity (Wildman–Crippen MR) is 119 cm³/mol. The van der Waals surface area contributed by atoms with Gasteiger partial charge in [0.1, 0.15) is 5.65 Å². The van der Waals surface area contributed by atoms with Crippen molar-refractivity contribution in [2.75, 3.05) is 34.4 Å². The zero-order valence-electron chi connectivity index (χ0n) is 18.1. The summed E-state index contributed by atoms with van der Waals surface area (Å²) in [5.41, 5.74) is 5.84. The van der Waals surface area contributed by atoms with Gasteiger partial charge in [0.05, 0.1) is 19.9 Å². The molecule has 0 saturated carbocycles. The van der Waals surface area contributed by atoms with Gasteiger partial charge in [0.2, 0.25) is 0 Å².